The Bertz CT molecular complexity index is 750. The molecule has 0 amide bonds. The van der Waals surface area contributed by atoms with Crippen LogP contribution in [0.4, 0.5) is 0 Å². The average Bonchev–Trinajstić information content (AvgIpc) is 2.71. The smallest absolute Gasteiger partial charge is 0.212 e. The van der Waals surface area contributed by atoms with E-state index < -0.39 is 0 Å². The van der Waals surface area contributed by atoms with Crippen molar-refractivity contribution < 1.29 is 4.74 Å². The Hall–Kier alpha value is -2.09. The number of nitrogens with zero attached hydrogens (tertiary/aromatic N) is 3. The van der Waals surface area contributed by atoms with Crippen LogP contribution in [0.25, 0.3) is 6.08 Å². The van der Waals surface area contributed by atoms with Gasteiger partial charge in [-0.25, -0.2) is 4.98 Å². The third kappa shape index (κ3) is 6.23. The predicted octanol–water partition coefficient (Wildman–Crippen LogP) is 3.96. The quantitative estimate of drug-likeness (QED) is 0.411. The Morgan fingerprint density at radius 2 is 1.93 bits per heavy atom. The fourth-order valence-electron chi connectivity index (χ4n) is 3.08. The molecular weight excluding hydrogens is 451 g/mol. The van der Waals surface area contributed by atoms with Crippen molar-refractivity contribution in [2.75, 3.05) is 27.2 Å². The van der Waals surface area contributed by atoms with Crippen LogP contribution in [-0.2, 0) is 6.54 Å². The van der Waals surface area contributed by atoms with Crippen molar-refractivity contribution in [2.24, 2.45) is 4.99 Å². The van der Waals surface area contributed by atoms with Crippen molar-refractivity contribution >= 4 is 36.0 Å². The lowest BCUT2D eigenvalue weighted by Crippen LogP contribution is -2.44. The summed E-state index contributed by atoms with van der Waals surface area (Å²) in [4.78, 5) is 11.0. The van der Waals surface area contributed by atoms with Crippen LogP contribution in [0.5, 0.6) is 5.88 Å². The third-order valence-corrected chi connectivity index (χ3v) is 4.54. The van der Waals surface area contributed by atoms with Crippen LogP contribution < -0.4 is 10.1 Å². The molecule has 144 valence electrons. The number of nitrogens with one attached hydrogen (secondary N) is 1. The van der Waals surface area contributed by atoms with Gasteiger partial charge in [0.05, 0.1) is 7.11 Å². The first kappa shape index (κ1) is 21.2. The lowest BCUT2D eigenvalue weighted by atomic mass is 10.0. The topological polar surface area (TPSA) is 49.8 Å². The number of ether oxygens (including phenoxy) is 1. The summed E-state index contributed by atoms with van der Waals surface area (Å²) in [5.74, 6) is 1.58. The third-order valence-electron chi connectivity index (χ3n) is 4.54. The van der Waals surface area contributed by atoms with Crippen LogP contribution in [-0.4, -0.2) is 43.1 Å². The van der Waals surface area contributed by atoms with Gasteiger partial charge in [0.25, 0.3) is 0 Å². The Morgan fingerprint density at radius 1 is 1.19 bits per heavy atom. The van der Waals surface area contributed by atoms with E-state index in [0.29, 0.717) is 12.4 Å². The van der Waals surface area contributed by atoms with Gasteiger partial charge in [0.2, 0.25) is 5.88 Å². The zero-order chi connectivity index (χ0) is 18.2. The predicted molar refractivity (Wildman–Crippen MR) is 122 cm³/mol. The van der Waals surface area contributed by atoms with Crippen LogP contribution in [0.3, 0.4) is 0 Å². The molecule has 0 unspecified atom stereocenters. The number of aromatic nitrogens is 1. The molecule has 1 fully saturated rings. The molecule has 0 spiro atoms. The van der Waals surface area contributed by atoms with Crippen LogP contribution in [0.2, 0.25) is 0 Å². The number of aliphatic imine (C=N–C) groups is 1. The minimum absolute atomic E-state index is 0. The standard InChI is InChI=1S/C21H26N4O.HI/c1-22-21(24-16-19-8-9-20(26-2)23-15-19)25-12-10-18(11-13-25)14-17-6-4-3-5-7-17;/h3-9,14-15H,10-13,16H2,1-2H3,(H,22,24);1H. The van der Waals surface area contributed by atoms with Gasteiger partial charge in [0, 0.05) is 38.9 Å². The SMILES string of the molecule is CN=C(NCc1ccc(OC)nc1)N1CCC(=Cc2ccccc2)CC1.I. The molecule has 1 aromatic heterocycles. The number of methoxy groups -OCH3 is 1. The lowest BCUT2D eigenvalue weighted by Gasteiger charge is -2.31. The molecule has 0 radical (unpaired) electrons. The van der Waals surface area contributed by atoms with Crippen LogP contribution in [0, 0.1) is 0 Å². The largest absolute Gasteiger partial charge is 0.481 e. The first-order chi connectivity index (χ1) is 12.8. The summed E-state index contributed by atoms with van der Waals surface area (Å²) in [6.45, 7) is 2.67. The lowest BCUT2D eigenvalue weighted by molar-refractivity contribution is 0.375. The fourth-order valence-corrected chi connectivity index (χ4v) is 3.08. The Kier molecular flexibility index (Phi) is 8.57. The molecule has 0 bridgehead atoms. The van der Waals surface area contributed by atoms with Gasteiger partial charge >= 0.3 is 0 Å². The summed E-state index contributed by atoms with van der Waals surface area (Å²) in [6, 6.07) is 14.4. The summed E-state index contributed by atoms with van der Waals surface area (Å²) in [5.41, 5.74) is 3.89. The molecule has 3 rings (SSSR count). The zero-order valence-corrected chi connectivity index (χ0v) is 18.2. The van der Waals surface area contributed by atoms with E-state index in [1.54, 1.807) is 7.11 Å². The van der Waals surface area contributed by atoms with Crippen molar-refractivity contribution in [3.05, 3.63) is 65.4 Å². The van der Waals surface area contributed by atoms with Crippen LogP contribution in [0.1, 0.15) is 24.0 Å². The van der Waals surface area contributed by atoms with Crippen molar-refractivity contribution in [3.63, 3.8) is 0 Å². The van der Waals surface area contributed by atoms with Gasteiger partial charge < -0.3 is 15.0 Å². The molecule has 0 saturated carbocycles. The van der Waals surface area contributed by atoms with E-state index in [1.807, 2.05) is 25.4 Å². The molecule has 1 N–H and O–H groups in total. The van der Waals surface area contributed by atoms with Gasteiger partial charge in [-0.1, -0.05) is 48.0 Å². The molecule has 5 nitrogen and oxygen atoms in total. The highest BCUT2D eigenvalue weighted by Gasteiger charge is 2.17. The highest BCUT2D eigenvalue weighted by molar-refractivity contribution is 14.0. The van der Waals surface area contributed by atoms with E-state index in [4.69, 9.17) is 4.74 Å². The maximum Gasteiger partial charge on any atom is 0.212 e. The molecule has 2 aromatic rings. The van der Waals surface area contributed by atoms with Gasteiger partial charge in [-0.15, -0.1) is 24.0 Å². The molecule has 0 atom stereocenters. The van der Waals surface area contributed by atoms with Crippen molar-refractivity contribution in [1.82, 2.24) is 15.2 Å². The monoisotopic (exact) mass is 478 g/mol. The molecule has 1 aliphatic heterocycles. The van der Waals surface area contributed by atoms with Gasteiger partial charge in [-0.2, -0.15) is 0 Å². The van der Waals surface area contributed by atoms with E-state index in [1.165, 1.54) is 11.1 Å². The summed E-state index contributed by atoms with van der Waals surface area (Å²) >= 11 is 0. The number of rotatable bonds is 4. The van der Waals surface area contributed by atoms with Crippen molar-refractivity contribution in [1.29, 1.82) is 0 Å². The van der Waals surface area contributed by atoms with E-state index in [-0.39, 0.29) is 24.0 Å². The van der Waals surface area contributed by atoms with Gasteiger partial charge in [0.15, 0.2) is 5.96 Å². The summed E-state index contributed by atoms with van der Waals surface area (Å²) < 4.78 is 5.09. The molecular formula is C21H27IN4O. The summed E-state index contributed by atoms with van der Waals surface area (Å²) in [5, 5.41) is 3.43. The van der Waals surface area contributed by atoms with Gasteiger partial charge in [-0.3, -0.25) is 4.99 Å². The van der Waals surface area contributed by atoms with Crippen molar-refractivity contribution in [3.8, 4) is 5.88 Å². The highest BCUT2D eigenvalue weighted by Crippen LogP contribution is 2.19. The normalized spacial score (nSPS) is 14.4. The minimum Gasteiger partial charge on any atom is -0.481 e. The molecule has 1 aliphatic rings. The number of pyridine rings is 1. The van der Waals surface area contributed by atoms with E-state index in [2.05, 4.69) is 56.6 Å². The number of guanidine groups is 1. The first-order valence-corrected chi connectivity index (χ1v) is 8.97. The minimum atomic E-state index is 0. The molecule has 0 aliphatic carbocycles. The number of hydrogen-bond donors (Lipinski definition) is 1. The zero-order valence-electron chi connectivity index (χ0n) is 15.9. The molecule has 1 aromatic carbocycles. The maximum atomic E-state index is 5.09. The Morgan fingerprint density at radius 3 is 2.52 bits per heavy atom. The molecule has 2 heterocycles. The van der Waals surface area contributed by atoms with Gasteiger partial charge in [0.1, 0.15) is 0 Å². The highest BCUT2D eigenvalue weighted by atomic mass is 127. The number of piperidine rings is 1. The van der Waals surface area contributed by atoms with Crippen LogP contribution >= 0.6 is 24.0 Å². The van der Waals surface area contributed by atoms with Crippen molar-refractivity contribution in [2.45, 2.75) is 19.4 Å². The second kappa shape index (κ2) is 10.9. The fraction of sp³-hybridized carbons (Fsp3) is 0.333. The number of hydrogen-bond acceptors (Lipinski definition) is 3. The summed E-state index contributed by atoms with van der Waals surface area (Å²) in [6.07, 6.45) is 6.28. The second-order valence-electron chi connectivity index (χ2n) is 6.31. The van der Waals surface area contributed by atoms with Crippen LogP contribution in [0.15, 0.2) is 59.2 Å². The first-order valence-electron chi connectivity index (χ1n) is 8.97. The summed E-state index contributed by atoms with van der Waals surface area (Å²) in [7, 11) is 3.46. The average molecular weight is 478 g/mol. The number of halogens is 1. The van der Waals surface area contributed by atoms with E-state index in [9.17, 15) is 0 Å². The maximum absolute atomic E-state index is 5.09. The number of likely N-dealkylation sites (tertiary alicyclic amines) is 1. The Labute approximate surface area is 178 Å². The molecule has 6 heteroatoms. The molecule has 27 heavy (non-hydrogen) atoms. The second-order valence-corrected chi connectivity index (χ2v) is 6.31. The van der Waals surface area contributed by atoms with E-state index >= 15 is 0 Å². The van der Waals surface area contributed by atoms with E-state index in [0.717, 1.165) is 37.5 Å². The molecule has 1 saturated heterocycles. The van der Waals surface area contributed by atoms with Gasteiger partial charge in [-0.05, 0) is 24.0 Å². The number of benzene rings is 1. The Balaban J connectivity index is 0.00000261.